The molecule has 0 aliphatic heterocycles. The molecule has 8 heteroatoms. The van der Waals surface area contributed by atoms with Gasteiger partial charge < -0.3 is 19.6 Å². The molecule has 0 amide bonds. The van der Waals surface area contributed by atoms with E-state index in [1.54, 1.807) is 18.2 Å². The summed E-state index contributed by atoms with van der Waals surface area (Å²) in [5.74, 6) is 0. The summed E-state index contributed by atoms with van der Waals surface area (Å²) in [7, 11) is -7.76. The summed E-state index contributed by atoms with van der Waals surface area (Å²) in [5.41, 5.74) is 0. The molecule has 0 radical (unpaired) electrons. The molecular formula is C18H34O6P2. The predicted molar refractivity (Wildman–Crippen MR) is 107 cm³/mol. The highest BCUT2D eigenvalue weighted by molar-refractivity contribution is 7.60. The third kappa shape index (κ3) is 17.0. The molecule has 1 rings (SSSR count). The van der Waals surface area contributed by atoms with Crippen molar-refractivity contribution in [3.63, 3.8) is 0 Å². The molecular weight excluding hydrogens is 374 g/mol. The van der Waals surface area contributed by atoms with Crippen molar-refractivity contribution in [2.45, 2.75) is 71.1 Å². The monoisotopic (exact) mass is 408 g/mol. The molecule has 0 fully saturated rings. The van der Waals surface area contributed by atoms with Crippen LogP contribution in [0.25, 0.3) is 0 Å². The van der Waals surface area contributed by atoms with Crippen LogP contribution >= 0.6 is 15.2 Å². The van der Waals surface area contributed by atoms with Crippen LogP contribution in [0.4, 0.5) is 0 Å². The molecule has 0 aromatic heterocycles. The van der Waals surface area contributed by atoms with Gasteiger partial charge in [-0.25, -0.2) is 0 Å². The molecule has 0 heterocycles. The molecule has 26 heavy (non-hydrogen) atoms. The molecule has 0 spiro atoms. The van der Waals surface area contributed by atoms with Crippen LogP contribution in [0.1, 0.15) is 71.1 Å². The largest absolute Gasteiger partial charge is 0.356 e. The average molecular weight is 408 g/mol. The maximum absolute atomic E-state index is 10.6. The van der Waals surface area contributed by atoms with Gasteiger partial charge in [0.2, 0.25) is 0 Å². The predicted octanol–water partition coefficient (Wildman–Crippen LogP) is 4.57. The summed E-state index contributed by atoms with van der Waals surface area (Å²) >= 11 is 0. The van der Waals surface area contributed by atoms with Crippen molar-refractivity contribution in [2.24, 2.45) is 0 Å². The Morgan fingerprint density at radius 2 is 1.12 bits per heavy atom. The third-order valence-corrected chi connectivity index (χ3v) is 5.77. The van der Waals surface area contributed by atoms with Gasteiger partial charge in [0.1, 0.15) is 0 Å². The van der Waals surface area contributed by atoms with E-state index in [4.69, 9.17) is 19.6 Å². The second-order valence-electron chi connectivity index (χ2n) is 6.45. The Morgan fingerprint density at radius 1 is 0.692 bits per heavy atom. The van der Waals surface area contributed by atoms with Crippen LogP contribution in [-0.4, -0.2) is 25.7 Å². The van der Waals surface area contributed by atoms with E-state index < -0.39 is 15.2 Å². The van der Waals surface area contributed by atoms with E-state index in [1.165, 1.54) is 57.1 Å². The molecule has 1 aromatic carbocycles. The minimum Gasteiger partial charge on any atom is -0.324 e. The van der Waals surface area contributed by atoms with Gasteiger partial charge in [-0.05, 0) is 18.6 Å². The molecule has 4 N–H and O–H groups in total. The van der Waals surface area contributed by atoms with Crippen molar-refractivity contribution >= 4 is 20.5 Å². The van der Waals surface area contributed by atoms with Crippen LogP contribution in [0.5, 0.6) is 0 Å². The smallest absolute Gasteiger partial charge is 0.324 e. The Labute approximate surface area is 157 Å². The number of rotatable bonds is 12. The quantitative estimate of drug-likeness (QED) is 0.297. The van der Waals surface area contributed by atoms with Gasteiger partial charge in [-0.2, -0.15) is 0 Å². The third-order valence-electron chi connectivity index (χ3n) is 3.90. The fourth-order valence-corrected chi connectivity index (χ4v) is 3.62. The standard InChI is InChI=1S/C12H27O3P.C6H7O3P/c1-2-3-4-5-6-7-8-9-10-11-12-16(13,14)15;7-10(8,9)6-4-2-1-3-5-6/h2-12H2,1H3,(H2,13,14,15);1-5H,(H2,7,8,9). The van der Waals surface area contributed by atoms with Gasteiger partial charge in [0.15, 0.2) is 0 Å². The van der Waals surface area contributed by atoms with E-state index in [0.717, 1.165) is 12.8 Å². The molecule has 0 atom stereocenters. The first-order chi connectivity index (χ1) is 12.2. The van der Waals surface area contributed by atoms with E-state index in [-0.39, 0.29) is 11.5 Å². The topological polar surface area (TPSA) is 115 Å². The molecule has 0 aliphatic rings. The minimum atomic E-state index is -4.02. The van der Waals surface area contributed by atoms with E-state index in [0.29, 0.717) is 6.42 Å². The highest BCUT2D eigenvalue weighted by Crippen LogP contribution is 2.35. The Kier molecular flexibility index (Phi) is 14.3. The zero-order chi connectivity index (χ0) is 19.9. The summed E-state index contributed by atoms with van der Waals surface area (Å²) in [6.07, 6.45) is 12.0. The van der Waals surface area contributed by atoms with Crippen molar-refractivity contribution in [1.82, 2.24) is 0 Å². The summed E-state index contributed by atoms with van der Waals surface area (Å²) in [6.45, 7) is 2.22. The number of hydrogen-bond donors (Lipinski definition) is 4. The Hall–Kier alpha value is -0.480. The SMILES string of the molecule is CCCCCCCCCCCCP(=O)(O)O.O=P(O)(O)c1ccccc1. The molecule has 0 unspecified atom stereocenters. The van der Waals surface area contributed by atoms with Crippen LogP contribution in [0.15, 0.2) is 30.3 Å². The number of benzene rings is 1. The van der Waals surface area contributed by atoms with Crippen LogP contribution in [-0.2, 0) is 9.13 Å². The normalized spacial score (nSPS) is 11.7. The van der Waals surface area contributed by atoms with E-state index in [9.17, 15) is 9.13 Å². The molecule has 0 saturated heterocycles. The lowest BCUT2D eigenvalue weighted by Gasteiger charge is -2.03. The van der Waals surface area contributed by atoms with Crippen molar-refractivity contribution < 1.29 is 28.7 Å². The highest BCUT2D eigenvalue weighted by Gasteiger charge is 2.14. The molecule has 152 valence electrons. The lowest BCUT2D eigenvalue weighted by atomic mass is 10.1. The van der Waals surface area contributed by atoms with Crippen LogP contribution in [0.2, 0.25) is 0 Å². The van der Waals surface area contributed by atoms with Gasteiger partial charge in [-0.3, -0.25) is 9.13 Å². The van der Waals surface area contributed by atoms with Crippen molar-refractivity contribution in [3.05, 3.63) is 30.3 Å². The van der Waals surface area contributed by atoms with Crippen LogP contribution < -0.4 is 5.30 Å². The first-order valence-electron chi connectivity index (χ1n) is 9.32. The van der Waals surface area contributed by atoms with Crippen molar-refractivity contribution in [1.29, 1.82) is 0 Å². The highest BCUT2D eigenvalue weighted by atomic mass is 31.2. The summed E-state index contributed by atoms with van der Waals surface area (Å²) < 4.78 is 21.1. The first-order valence-corrected chi connectivity index (χ1v) is 12.7. The van der Waals surface area contributed by atoms with E-state index in [1.807, 2.05) is 0 Å². The molecule has 0 saturated carbocycles. The van der Waals surface area contributed by atoms with Crippen molar-refractivity contribution in [3.8, 4) is 0 Å². The Bertz CT molecular complexity index is 538. The Balaban J connectivity index is 0.000000531. The summed E-state index contributed by atoms with van der Waals surface area (Å²) in [6, 6.07) is 7.70. The van der Waals surface area contributed by atoms with E-state index >= 15 is 0 Å². The van der Waals surface area contributed by atoms with Crippen molar-refractivity contribution in [2.75, 3.05) is 6.16 Å². The van der Waals surface area contributed by atoms with Gasteiger partial charge in [0.25, 0.3) is 0 Å². The van der Waals surface area contributed by atoms with Crippen LogP contribution in [0.3, 0.4) is 0 Å². The first kappa shape index (κ1) is 25.5. The van der Waals surface area contributed by atoms with Gasteiger partial charge in [0, 0.05) is 6.16 Å². The second kappa shape index (κ2) is 14.6. The minimum absolute atomic E-state index is 0.0590. The summed E-state index contributed by atoms with van der Waals surface area (Å²) in [5, 5.41) is 0.0648. The fraction of sp³-hybridized carbons (Fsp3) is 0.667. The maximum Gasteiger partial charge on any atom is 0.356 e. The second-order valence-corrected chi connectivity index (χ2v) is 9.83. The maximum atomic E-state index is 10.6. The molecule has 6 nitrogen and oxygen atoms in total. The lowest BCUT2D eigenvalue weighted by molar-refractivity contribution is 0.370. The van der Waals surface area contributed by atoms with Gasteiger partial charge in [-0.15, -0.1) is 0 Å². The number of unbranched alkanes of at least 4 members (excludes halogenated alkanes) is 9. The molecule has 0 aliphatic carbocycles. The molecule has 0 bridgehead atoms. The zero-order valence-electron chi connectivity index (χ0n) is 15.7. The van der Waals surface area contributed by atoms with Gasteiger partial charge in [-0.1, -0.05) is 82.9 Å². The fourth-order valence-electron chi connectivity index (χ4n) is 2.43. The molecule has 1 aromatic rings. The average Bonchev–Trinajstić information content (AvgIpc) is 2.56. The van der Waals surface area contributed by atoms with Crippen LogP contribution in [0, 0.1) is 0 Å². The number of hydrogen-bond acceptors (Lipinski definition) is 2. The van der Waals surface area contributed by atoms with Gasteiger partial charge in [0.05, 0.1) is 5.30 Å². The summed E-state index contributed by atoms with van der Waals surface area (Å²) in [4.78, 5) is 34.5. The van der Waals surface area contributed by atoms with Gasteiger partial charge >= 0.3 is 15.2 Å². The lowest BCUT2D eigenvalue weighted by Crippen LogP contribution is -2.01. The van der Waals surface area contributed by atoms with E-state index in [2.05, 4.69) is 6.92 Å². The Morgan fingerprint density at radius 3 is 1.46 bits per heavy atom. The zero-order valence-corrected chi connectivity index (χ0v) is 17.5.